The molecule has 0 fully saturated rings. The zero-order chi connectivity index (χ0) is 14.7. The van der Waals surface area contributed by atoms with Gasteiger partial charge in [0.2, 0.25) is 0 Å². The quantitative estimate of drug-likeness (QED) is 0.812. The second kappa shape index (κ2) is 6.10. The monoisotopic (exact) mass is 287 g/mol. The van der Waals surface area contributed by atoms with E-state index in [2.05, 4.69) is 32.8 Å². The highest BCUT2D eigenvalue weighted by atomic mass is 31.0. The molecule has 0 unspecified atom stereocenters. The summed E-state index contributed by atoms with van der Waals surface area (Å²) in [6.45, 7) is 6.42. The summed E-state index contributed by atoms with van der Waals surface area (Å²) in [6, 6.07) is 9.70. The van der Waals surface area contributed by atoms with E-state index in [1.54, 1.807) is 0 Å². The molecule has 0 aliphatic carbocycles. The third-order valence-corrected chi connectivity index (χ3v) is 3.04. The van der Waals surface area contributed by atoms with Crippen LogP contribution in [-0.2, 0) is 6.54 Å². The molecule has 104 valence electrons. The Kier molecular flexibility index (Phi) is 4.46. The number of rotatable bonds is 4. The van der Waals surface area contributed by atoms with Crippen LogP contribution in [0.25, 0.3) is 11.3 Å². The van der Waals surface area contributed by atoms with Crippen LogP contribution in [0, 0.1) is 0 Å². The van der Waals surface area contributed by atoms with E-state index >= 15 is 0 Å². The number of hydrogen-bond acceptors (Lipinski definition) is 3. The molecule has 0 atom stereocenters. The van der Waals surface area contributed by atoms with Gasteiger partial charge in [-0.05, 0) is 18.1 Å². The highest BCUT2D eigenvalue weighted by molar-refractivity contribution is 7.20. The molecular weight excluding hydrogens is 269 g/mol. The standard InChI is InChI=1S/C15H18N3OP/c1-10(2)13-14(12-7-5-4-6-8-12)16-15(19)18(17-13)9-11(3)20/h4-8,10,20H,9H2,1-3H3. The maximum atomic E-state index is 12.1. The van der Waals surface area contributed by atoms with Crippen LogP contribution in [0.15, 0.2) is 35.1 Å². The van der Waals surface area contributed by atoms with E-state index in [1.165, 1.54) is 4.68 Å². The van der Waals surface area contributed by atoms with Gasteiger partial charge in [-0.3, -0.25) is 0 Å². The average molecular weight is 287 g/mol. The van der Waals surface area contributed by atoms with Crippen molar-refractivity contribution in [1.82, 2.24) is 14.8 Å². The predicted octanol–water partition coefficient (Wildman–Crippen LogP) is 2.76. The molecule has 0 saturated heterocycles. The van der Waals surface area contributed by atoms with Crippen LogP contribution in [0.4, 0.5) is 0 Å². The van der Waals surface area contributed by atoms with Crippen molar-refractivity contribution in [1.29, 1.82) is 0 Å². The fraction of sp³-hybridized carbons (Fsp3) is 0.333. The number of nitrogens with zero attached hydrogens (tertiary/aromatic N) is 3. The van der Waals surface area contributed by atoms with Crippen molar-refractivity contribution in [2.45, 2.75) is 33.2 Å². The molecule has 1 aromatic carbocycles. The molecule has 20 heavy (non-hydrogen) atoms. The van der Waals surface area contributed by atoms with Gasteiger partial charge >= 0.3 is 5.69 Å². The number of hydrogen-bond donors (Lipinski definition) is 0. The highest BCUT2D eigenvalue weighted by Crippen LogP contribution is 2.23. The normalized spacial score (nSPS) is 10.8. The summed E-state index contributed by atoms with van der Waals surface area (Å²) in [6.07, 6.45) is 0. The van der Waals surface area contributed by atoms with E-state index in [4.69, 9.17) is 0 Å². The Bertz CT molecular complexity index is 677. The Morgan fingerprint density at radius 1 is 1.30 bits per heavy atom. The predicted molar refractivity (Wildman–Crippen MR) is 84.8 cm³/mol. The summed E-state index contributed by atoms with van der Waals surface area (Å²) < 4.78 is 1.39. The third kappa shape index (κ3) is 3.20. The summed E-state index contributed by atoms with van der Waals surface area (Å²) >= 11 is 0. The topological polar surface area (TPSA) is 47.8 Å². The van der Waals surface area contributed by atoms with Gasteiger partial charge in [0.25, 0.3) is 0 Å². The maximum absolute atomic E-state index is 12.1. The molecule has 0 amide bonds. The van der Waals surface area contributed by atoms with Gasteiger partial charge in [0.1, 0.15) is 0 Å². The zero-order valence-corrected chi connectivity index (χ0v) is 12.9. The van der Waals surface area contributed by atoms with E-state index < -0.39 is 0 Å². The lowest BCUT2D eigenvalue weighted by molar-refractivity contribution is 0.606. The fourth-order valence-electron chi connectivity index (χ4n) is 1.96. The molecule has 0 radical (unpaired) electrons. The second-order valence-corrected chi connectivity index (χ2v) is 5.94. The molecule has 0 saturated carbocycles. The first-order chi connectivity index (χ1) is 9.49. The molecule has 0 spiro atoms. The van der Waals surface area contributed by atoms with E-state index in [1.807, 2.05) is 37.3 Å². The Labute approximate surface area is 120 Å². The molecular formula is C15H18N3OP. The molecule has 2 rings (SSSR count). The van der Waals surface area contributed by atoms with E-state index in [0.717, 1.165) is 16.6 Å². The van der Waals surface area contributed by atoms with E-state index in [-0.39, 0.29) is 11.6 Å². The van der Waals surface area contributed by atoms with E-state index in [9.17, 15) is 4.79 Å². The minimum absolute atomic E-state index is 0.194. The summed E-state index contributed by atoms with van der Waals surface area (Å²) in [5.74, 6) is 0.194. The van der Waals surface area contributed by atoms with Crippen molar-refractivity contribution in [3.8, 4) is 11.3 Å². The maximum Gasteiger partial charge on any atom is 0.364 e. The molecule has 4 nitrogen and oxygen atoms in total. The Balaban J connectivity index is 2.61. The van der Waals surface area contributed by atoms with Crippen molar-refractivity contribution < 1.29 is 0 Å². The Hall–Kier alpha value is -1.80. The van der Waals surface area contributed by atoms with Crippen molar-refractivity contribution in [3.63, 3.8) is 0 Å². The first-order valence-corrected chi connectivity index (χ1v) is 7.07. The fourth-order valence-corrected chi connectivity index (χ4v) is 2.11. The lowest BCUT2D eigenvalue weighted by Crippen LogP contribution is -2.30. The highest BCUT2D eigenvalue weighted by Gasteiger charge is 2.15. The summed E-state index contributed by atoms with van der Waals surface area (Å²) in [7, 11) is 3.41. The van der Waals surface area contributed by atoms with Crippen LogP contribution in [-0.4, -0.2) is 20.1 Å². The summed E-state index contributed by atoms with van der Waals surface area (Å²) in [5.41, 5.74) is 2.11. The Morgan fingerprint density at radius 2 is 1.95 bits per heavy atom. The smallest absolute Gasteiger partial charge is 0.244 e. The van der Waals surface area contributed by atoms with Gasteiger partial charge in [0, 0.05) is 5.56 Å². The summed E-state index contributed by atoms with van der Waals surface area (Å²) in [5, 5.41) is 5.41. The van der Waals surface area contributed by atoms with Gasteiger partial charge in [-0.2, -0.15) is 10.1 Å². The first kappa shape index (κ1) is 14.6. The lowest BCUT2D eigenvalue weighted by Gasteiger charge is -2.13. The van der Waals surface area contributed by atoms with Crippen molar-refractivity contribution >= 4 is 14.2 Å². The molecule has 0 aliphatic rings. The van der Waals surface area contributed by atoms with Crippen LogP contribution < -0.4 is 5.69 Å². The van der Waals surface area contributed by atoms with Gasteiger partial charge in [0.15, 0.2) is 0 Å². The van der Waals surface area contributed by atoms with Gasteiger partial charge in [-0.25, -0.2) is 9.48 Å². The Morgan fingerprint density at radius 3 is 2.50 bits per heavy atom. The van der Waals surface area contributed by atoms with Crippen LogP contribution in [0.3, 0.4) is 0 Å². The molecule has 0 aliphatic heterocycles. The van der Waals surface area contributed by atoms with E-state index in [0.29, 0.717) is 12.2 Å². The van der Waals surface area contributed by atoms with Crippen molar-refractivity contribution in [2.75, 3.05) is 0 Å². The number of benzene rings is 1. The average Bonchev–Trinajstić information content (AvgIpc) is 2.41. The van der Waals surface area contributed by atoms with Crippen LogP contribution in [0.1, 0.15) is 32.4 Å². The van der Waals surface area contributed by atoms with Crippen LogP contribution in [0.5, 0.6) is 0 Å². The van der Waals surface area contributed by atoms with Crippen LogP contribution in [0.2, 0.25) is 0 Å². The minimum atomic E-state index is -0.328. The largest absolute Gasteiger partial charge is 0.364 e. The SMILES string of the molecule is CC(=P)Cn1nc(C(C)C)c(-c2ccccc2)nc1=O. The van der Waals surface area contributed by atoms with Gasteiger partial charge < -0.3 is 0 Å². The minimum Gasteiger partial charge on any atom is -0.244 e. The third-order valence-electron chi connectivity index (χ3n) is 2.88. The summed E-state index contributed by atoms with van der Waals surface area (Å²) in [4.78, 5) is 16.3. The van der Waals surface area contributed by atoms with Crippen molar-refractivity contribution in [3.05, 3.63) is 46.5 Å². The molecule has 2 aromatic rings. The molecule has 0 N–H and O–H groups in total. The van der Waals surface area contributed by atoms with Gasteiger partial charge in [0.05, 0.1) is 17.9 Å². The van der Waals surface area contributed by atoms with Gasteiger partial charge in [-0.15, -0.1) is 8.86 Å². The molecule has 1 heterocycles. The molecule has 5 heteroatoms. The van der Waals surface area contributed by atoms with Gasteiger partial charge in [-0.1, -0.05) is 44.2 Å². The number of aromatic nitrogens is 3. The second-order valence-electron chi connectivity index (χ2n) is 5.09. The van der Waals surface area contributed by atoms with Crippen molar-refractivity contribution in [2.24, 2.45) is 0 Å². The zero-order valence-electron chi connectivity index (χ0n) is 11.9. The molecule has 0 bridgehead atoms. The first-order valence-electron chi connectivity index (χ1n) is 6.57. The van der Waals surface area contributed by atoms with Crippen LogP contribution >= 0.6 is 8.86 Å². The molecule has 1 aromatic heterocycles. The lowest BCUT2D eigenvalue weighted by atomic mass is 10.0.